The molecule has 3 rings (SSSR count). The maximum atomic E-state index is 12.4. The largest absolute Gasteiger partial charge is 0.346 e. The van der Waals surface area contributed by atoms with Crippen molar-refractivity contribution >= 4 is 5.91 Å². The van der Waals surface area contributed by atoms with E-state index in [1.807, 2.05) is 18.3 Å². The number of hydrogen-bond donors (Lipinski definition) is 2. The van der Waals surface area contributed by atoms with Crippen molar-refractivity contribution in [3.05, 3.63) is 24.0 Å². The predicted molar refractivity (Wildman–Crippen MR) is 70.7 cm³/mol. The van der Waals surface area contributed by atoms with Crippen molar-refractivity contribution in [3.8, 4) is 0 Å². The number of amides is 1. The molecular formula is C14H21N3O. The van der Waals surface area contributed by atoms with Gasteiger partial charge in [-0.3, -0.25) is 4.79 Å². The van der Waals surface area contributed by atoms with Gasteiger partial charge < -0.3 is 15.2 Å². The molecule has 0 radical (unpaired) electrons. The van der Waals surface area contributed by atoms with E-state index in [2.05, 4.69) is 22.1 Å². The first-order valence-corrected chi connectivity index (χ1v) is 6.88. The van der Waals surface area contributed by atoms with Gasteiger partial charge in [-0.15, -0.1) is 0 Å². The number of aromatic nitrogens is 1. The van der Waals surface area contributed by atoms with Crippen LogP contribution >= 0.6 is 0 Å². The molecule has 1 aromatic rings. The van der Waals surface area contributed by atoms with Gasteiger partial charge in [0.2, 0.25) is 0 Å². The molecule has 1 saturated heterocycles. The second kappa shape index (κ2) is 4.43. The molecule has 18 heavy (non-hydrogen) atoms. The lowest BCUT2D eigenvalue weighted by atomic mass is 9.90. The molecule has 1 aromatic heterocycles. The summed E-state index contributed by atoms with van der Waals surface area (Å²) in [6.07, 6.45) is 6.44. The van der Waals surface area contributed by atoms with Crippen molar-refractivity contribution in [2.45, 2.75) is 44.2 Å². The Bertz CT molecular complexity index is 442. The smallest absolute Gasteiger partial charge is 0.268 e. The molecule has 0 atom stereocenters. The highest BCUT2D eigenvalue weighted by atomic mass is 16.2. The normalized spacial score (nSPS) is 22.7. The highest BCUT2D eigenvalue weighted by Crippen LogP contribution is 2.36. The Hall–Kier alpha value is -1.29. The minimum Gasteiger partial charge on any atom is -0.346 e. The molecule has 4 nitrogen and oxygen atoms in total. The van der Waals surface area contributed by atoms with Crippen molar-refractivity contribution in [2.24, 2.45) is 0 Å². The first-order chi connectivity index (χ1) is 8.68. The fraction of sp³-hybridized carbons (Fsp3) is 0.643. The van der Waals surface area contributed by atoms with Gasteiger partial charge in [0.25, 0.3) is 5.91 Å². The predicted octanol–water partition coefficient (Wildman–Crippen LogP) is 1.69. The molecule has 1 aliphatic carbocycles. The van der Waals surface area contributed by atoms with Crippen LogP contribution in [0.15, 0.2) is 18.3 Å². The van der Waals surface area contributed by atoms with Gasteiger partial charge in [0.1, 0.15) is 5.69 Å². The van der Waals surface area contributed by atoms with Crippen molar-refractivity contribution < 1.29 is 4.79 Å². The summed E-state index contributed by atoms with van der Waals surface area (Å²) in [4.78, 5) is 12.4. The molecule has 2 heterocycles. The summed E-state index contributed by atoms with van der Waals surface area (Å²) >= 11 is 0. The van der Waals surface area contributed by atoms with Crippen molar-refractivity contribution in [1.82, 2.24) is 15.2 Å². The molecule has 0 spiro atoms. The van der Waals surface area contributed by atoms with Crippen molar-refractivity contribution in [1.29, 1.82) is 0 Å². The number of piperidine rings is 1. The Balaban J connectivity index is 1.72. The minimum absolute atomic E-state index is 0.0546. The number of nitrogens with zero attached hydrogens (tertiary/aromatic N) is 1. The molecule has 1 aliphatic heterocycles. The summed E-state index contributed by atoms with van der Waals surface area (Å²) < 4.78 is 2.12. The zero-order valence-electron chi connectivity index (χ0n) is 10.9. The molecule has 1 saturated carbocycles. The maximum Gasteiger partial charge on any atom is 0.268 e. The molecule has 0 aromatic carbocycles. The lowest BCUT2D eigenvalue weighted by Gasteiger charge is -2.35. The first-order valence-electron chi connectivity index (χ1n) is 6.88. The van der Waals surface area contributed by atoms with Crippen LogP contribution in [0.5, 0.6) is 0 Å². The summed E-state index contributed by atoms with van der Waals surface area (Å²) in [5.74, 6) is 0.0799. The number of carbonyl (C=O) groups excluding carboxylic acids is 1. The summed E-state index contributed by atoms with van der Waals surface area (Å²) in [6.45, 7) is 4.12. The second-order valence-corrected chi connectivity index (χ2v) is 5.80. The van der Waals surface area contributed by atoms with Crippen LogP contribution < -0.4 is 10.6 Å². The van der Waals surface area contributed by atoms with Gasteiger partial charge in [-0.05, 0) is 57.8 Å². The monoisotopic (exact) mass is 247 g/mol. The molecule has 0 bridgehead atoms. The number of hydrogen-bond acceptors (Lipinski definition) is 2. The van der Waals surface area contributed by atoms with E-state index in [9.17, 15) is 4.79 Å². The Morgan fingerprint density at radius 2 is 2.17 bits per heavy atom. The number of rotatable bonds is 3. The second-order valence-electron chi connectivity index (χ2n) is 5.80. The van der Waals surface area contributed by atoms with Crippen LogP contribution in [-0.4, -0.2) is 29.1 Å². The fourth-order valence-electron chi connectivity index (χ4n) is 2.70. The topological polar surface area (TPSA) is 46.1 Å². The molecule has 4 heteroatoms. The van der Waals surface area contributed by atoms with E-state index in [-0.39, 0.29) is 11.4 Å². The average Bonchev–Trinajstić information content (AvgIpc) is 3.07. The molecule has 2 fully saturated rings. The fourth-order valence-corrected chi connectivity index (χ4v) is 2.70. The zero-order valence-corrected chi connectivity index (χ0v) is 10.9. The van der Waals surface area contributed by atoms with Crippen LogP contribution in [0.4, 0.5) is 0 Å². The van der Waals surface area contributed by atoms with Crippen LogP contribution in [-0.2, 0) is 0 Å². The quantitative estimate of drug-likeness (QED) is 0.854. The summed E-state index contributed by atoms with van der Waals surface area (Å²) in [6, 6.07) is 4.46. The lowest BCUT2D eigenvalue weighted by molar-refractivity contribution is 0.0877. The van der Waals surface area contributed by atoms with Gasteiger partial charge in [-0.25, -0.2) is 0 Å². The van der Waals surface area contributed by atoms with Gasteiger partial charge in [0, 0.05) is 17.8 Å². The Morgan fingerprint density at radius 3 is 2.83 bits per heavy atom. The molecule has 0 unspecified atom stereocenters. The summed E-state index contributed by atoms with van der Waals surface area (Å²) in [5.41, 5.74) is 0.762. The molecule has 1 amide bonds. The van der Waals surface area contributed by atoms with Crippen molar-refractivity contribution in [3.63, 3.8) is 0 Å². The van der Waals surface area contributed by atoms with E-state index in [1.165, 1.54) is 12.8 Å². The molecule has 2 aliphatic rings. The molecule has 98 valence electrons. The van der Waals surface area contributed by atoms with Gasteiger partial charge in [-0.2, -0.15) is 0 Å². The van der Waals surface area contributed by atoms with E-state index in [1.54, 1.807) is 0 Å². The van der Waals surface area contributed by atoms with Gasteiger partial charge >= 0.3 is 0 Å². The van der Waals surface area contributed by atoms with Crippen LogP contribution in [0.3, 0.4) is 0 Å². The van der Waals surface area contributed by atoms with E-state index < -0.39 is 0 Å². The summed E-state index contributed by atoms with van der Waals surface area (Å²) in [5, 5.41) is 6.55. The highest BCUT2D eigenvalue weighted by molar-refractivity contribution is 5.93. The third-order valence-electron chi connectivity index (χ3n) is 4.07. The van der Waals surface area contributed by atoms with E-state index in [0.717, 1.165) is 31.6 Å². The number of nitrogens with one attached hydrogen (secondary N) is 2. The van der Waals surface area contributed by atoms with E-state index in [0.29, 0.717) is 6.04 Å². The van der Waals surface area contributed by atoms with Crippen LogP contribution in [0.25, 0.3) is 0 Å². The SMILES string of the molecule is CC1(NC(=O)c2cccn2C2CC2)CCNCC1. The Morgan fingerprint density at radius 1 is 1.44 bits per heavy atom. The average molecular weight is 247 g/mol. The Kier molecular flexibility index (Phi) is 2.90. The standard InChI is InChI=1S/C14H21N3O/c1-14(6-8-15-9-7-14)16-13(18)12-3-2-10-17(12)11-4-5-11/h2-3,10-11,15H,4-9H2,1H3,(H,16,18). The van der Waals surface area contributed by atoms with Crippen LogP contribution in [0, 0.1) is 0 Å². The van der Waals surface area contributed by atoms with E-state index in [4.69, 9.17) is 0 Å². The Labute approximate surface area is 108 Å². The van der Waals surface area contributed by atoms with Gasteiger partial charge in [-0.1, -0.05) is 0 Å². The number of carbonyl (C=O) groups is 1. The first kappa shape index (κ1) is 11.8. The van der Waals surface area contributed by atoms with Gasteiger partial charge in [0.15, 0.2) is 0 Å². The zero-order chi connectivity index (χ0) is 12.6. The third-order valence-corrected chi connectivity index (χ3v) is 4.07. The third kappa shape index (κ3) is 2.29. The van der Waals surface area contributed by atoms with Gasteiger partial charge in [0.05, 0.1) is 0 Å². The minimum atomic E-state index is -0.0546. The van der Waals surface area contributed by atoms with Crippen LogP contribution in [0.1, 0.15) is 49.1 Å². The lowest BCUT2D eigenvalue weighted by Crippen LogP contribution is -2.52. The van der Waals surface area contributed by atoms with Crippen LogP contribution in [0.2, 0.25) is 0 Å². The highest BCUT2D eigenvalue weighted by Gasteiger charge is 2.31. The molecular weight excluding hydrogens is 226 g/mol. The maximum absolute atomic E-state index is 12.4. The molecule has 2 N–H and O–H groups in total. The summed E-state index contributed by atoms with van der Waals surface area (Å²) in [7, 11) is 0. The van der Waals surface area contributed by atoms with E-state index >= 15 is 0 Å². The van der Waals surface area contributed by atoms with Crippen molar-refractivity contribution in [2.75, 3.05) is 13.1 Å².